The Morgan fingerprint density at radius 1 is 1.62 bits per heavy atom. The van der Waals surface area contributed by atoms with Crippen LogP contribution < -0.4 is 0 Å². The van der Waals surface area contributed by atoms with Gasteiger partial charge in [0, 0.05) is 6.92 Å². The van der Waals surface area contributed by atoms with Crippen molar-refractivity contribution in [2.75, 3.05) is 7.11 Å². The highest BCUT2D eigenvalue weighted by Crippen LogP contribution is 2.16. The molecule has 0 rings (SSSR count). The van der Waals surface area contributed by atoms with Gasteiger partial charge in [-0.25, -0.2) is 4.21 Å². The standard InChI is InChI=1S/C3H6F2O2S/c1-3(4,5)8(6)7-2/h1-2H3. The summed E-state index contributed by atoms with van der Waals surface area (Å²) >= 11 is -2.48. The molecule has 0 bridgehead atoms. The molecule has 0 saturated carbocycles. The van der Waals surface area contributed by atoms with E-state index in [0.717, 1.165) is 7.11 Å². The molecule has 0 saturated heterocycles. The average Bonchev–Trinajstić information content (AvgIpc) is 1.62. The van der Waals surface area contributed by atoms with Crippen LogP contribution in [-0.4, -0.2) is 16.6 Å². The highest BCUT2D eigenvalue weighted by molar-refractivity contribution is 7.81. The van der Waals surface area contributed by atoms with Crippen LogP contribution in [0.4, 0.5) is 8.78 Å². The van der Waals surface area contributed by atoms with Crippen LogP contribution in [0.1, 0.15) is 6.92 Å². The van der Waals surface area contributed by atoms with E-state index >= 15 is 0 Å². The molecular formula is C3H6F2O2S. The van der Waals surface area contributed by atoms with Gasteiger partial charge in [0.1, 0.15) is 0 Å². The van der Waals surface area contributed by atoms with Crippen molar-refractivity contribution < 1.29 is 17.2 Å². The van der Waals surface area contributed by atoms with Crippen molar-refractivity contribution in [3.05, 3.63) is 0 Å². The molecule has 0 radical (unpaired) electrons. The summed E-state index contributed by atoms with van der Waals surface area (Å²) in [6, 6.07) is 0. The number of rotatable bonds is 2. The number of hydrogen-bond donors (Lipinski definition) is 0. The Hall–Kier alpha value is -0.0300. The lowest BCUT2D eigenvalue weighted by Gasteiger charge is -2.04. The number of hydrogen-bond acceptors (Lipinski definition) is 2. The van der Waals surface area contributed by atoms with Crippen LogP contribution >= 0.6 is 0 Å². The lowest BCUT2D eigenvalue weighted by atomic mass is 10.9. The minimum atomic E-state index is -3.24. The number of alkyl halides is 2. The van der Waals surface area contributed by atoms with Crippen molar-refractivity contribution in [1.29, 1.82) is 0 Å². The second kappa shape index (κ2) is 2.50. The van der Waals surface area contributed by atoms with Gasteiger partial charge in [0.05, 0.1) is 7.11 Å². The van der Waals surface area contributed by atoms with Crippen LogP contribution in [0, 0.1) is 0 Å². The normalized spacial score (nSPS) is 16.0. The van der Waals surface area contributed by atoms with Crippen LogP contribution in [0.5, 0.6) is 0 Å². The van der Waals surface area contributed by atoms with E-state index in [1.54, 1.807) is 0 Å². The van der Waals surface area contributed by atoms with Crippen molar-refractivity contribution in [2.24, 2.45) is 0 Å². The van der Waals surface area contributed by atoms with Gasteiger partial charge in [0.25, 0.3) is 0 Å². The zero-order valence-electron chi connectivity index (χ0n) is 4.48. The van der Waals surface area contributed by atoms with E-state index in [9.17, 15) is 13.0 Å². The summed E-state index contributed by atoms with van der Waals surface area (Å²) in [5.41, 5.74) is 0. The second-order valence-electron chi connectivity index (χ2n) is 1.21. The van der Waals surface area contributed by atoms with E-state index in [2.05, 4.69) is 4.18 Å². The minimum Gasteiger partial charge on any atom is -0.289 e. The van der Waals surface area contributed by atoms with Gasteiger partial charge >= 0.3 is 5.25 Å². The Bertz CT molecular complexity index is 97.9. The first-order chi connectivity index (χ1) is 3.48. The third-order valence-corrected chi connectivity index (χ3v) is 1.33. The monoisotopic (exact) mass is 144 g/mol. The third kappa shape index (κ3) is 2.32. The van der Waals surface area contributed by atoms with E-state index < -0.39 is 16.3 Å². The van der Waals surface area contributed by atoms with Crippen LogP contribution in [0.25, 0.3) is 0 Å². The molecule has 0 spiro atoms. The molecule has 0 heterocycles. The van der Waals surface area contributed by atoms with Gasteiger partial charge in [-0.05, 0) is 0 Å². The van der Waals surface area contributed by atoms with Crippen LogP contribution in [0.15, 0.2) is 0 Å². The molecule has 0 aromatic rings. The zero-order valence-corrected chi connectivity index (χ0v) is 5.30. The molecule has 2 nitrogen and oxygen atoms in total. The summed E-state index contributed by atoms with van der Waals surface area (Å²) in [6.45, 7) is 0.534. The first-order valence-corrected chi connectivity index (χ1v) is 2.90. The highest BCUT2D eigenvalue weighted by Gasteiger charge is 2.30. The predicted molar refractivity (Wildman–Crippen MR) is 25.8 cm³/mol. The summed E-state index contributed by atoms with van der Waals surface area (Å²) in [6.07, 6.45) is 0. The summed E-state index contributed by atoms with van der Waals surface area (Å²) in [5, 5.41) is -3.24. The summed E-state index contributed by atoms with van der Waals surface area (Å²) in [7, 11) is 0.966. The lowest BCUT2D eigenvalue weighted by Crippen LogP contribution is -2.18. The molecule has 1 atom stereocenters. The molecule has 5 heteroatoms. The molecule has 1 unspecified atom stereocenters. The second-order valence-corrected chi connectivity index (χ2v) is 2.73. The van der Waals surface area contributed by atoms with Gasteiger partial charge in [-0.15, -0.1) is 0 Å². The third-order valence-electron chi connectivity index (χ3n) is 0.444. The van der Waals surface area contributed by atoms with Gasteiger partial charge in [-0.3, -0.25) is 4.18 Å². The Labute approximate surface area is 48.5 Å². The van der Waals surface area contributed by atoms with Gasteiger partial charge in [0.2, 0.25) is 11.1 Å². The zero-order chi connectivity index (χ0) is 6.78. The first kappa shape index (κ1) is 7.97. The van der Waals surface area contributed by atoms with E-state index in [1.807, 2.05) is 0 Å². The Balaban J connectivity index is 3.82. The fraction of sp³-hybridized carbons (Fsp3) is 1.00. The topological polar surface area (TPSA) is 26.3 Å². The molecule has 8 heavy (non-hydrogen) atoms. The summed E-state index contributed by atoms with van der Waals surface area (Å²) in [5.74, 6) is 0. The van der Waals surface area contributed by atoms with Gasteiger partial charge < -0.3 is 0 Å². The van der Waals surface area contributed by atoms with Gasteiger partial charge in [0.15, 0.2) is 0 Å². The van der Waals surface area contributed by atoms with E-state index in [0.29, 0.717) is 6.92 Å². The van der Waals surface area contributed by atoms with Gasteiger partial charge in [-0.1, -0.05) is 0 Å². The first-order valence-electron chi connectivity index (χ1n) is 1.82. The van der Waals surface area contributed by atoms with Crippen molar-refractivity contribution in [2.45, 2.75) is 12.2 Å². The highest BCUT2D eigenvalue weighted by atomic mass is 32.2. The smallest absolute Gasteiger partial charge is 0.289 e. The van der Waals surface area contributed by atoms with Crippen molar-refractivity contribution in [3.8, 4) is 0 Å². The molecule has 50 valence electrons. The molecule has 0 amide bonds. The Morgan fingerprint density at radius 3 is 2.00 bits per heavy atom. The molecule has 0 aliphatic heterocycles. The van der Waals surface area contributed by atoms with Crippen molar-refractivity contribution in [3.63, 3.8) is 0 Å². The molecule has 0 aliphatic rings. The fourth-order valence-corrected chi connectivity index (χ4v) is 0.439. The predicted octanol–water partition coefficient (Wildman–Crippen LogP) is 0.909. The van der Waals surface area contributed by atoms with Crippen LogP contribution in [0.3, 0.4) is 0 Å². The van der Waals surface area contributed by atoms with Crippen molar-refractivity contribution >= 4 is 11.1 Å². The Morgan fingerprint density at radius 2 is 2.00 bits per heavy atom. The SMILES string of the molecule is COS(=O)C(C)(F)F. The average molecular weight is 144 g/mol. The molecule has 0 aliphatic carbocycles. The van der Waals surface area contributed by atoms with Crippen LogP contribution in [-0.2, 0) is 15.3 Å². The maximum absolute atomic E-state index is 11.7. The fourth-order valence-electron chi connectivity index (χ4n) is 0.146. The summed E-state index contributed by atoms with van der Waals surface area (Å²) < 4.78 is 37.2. The lowest BCUT2D eigenvalue weighted by molar-refractivity contribution is 0.109. The molecule has 0 N–H and O–H groups in total. The maximum atomic E-state index is 11.7. The minimum absolute atomic E-state index is 0.534. The Kier molecular flexibility index (Phi) is 2.49. The van der Waals surface area contributed by atoms with Crippen molar-refractivity contribution in [1.82, 2.24) is 0 Å². The maximum Gasteiger partial charge on any atom is 0.342 e. The summed E-state index contributed by atoms with van der Waals surface area (Å²) in [4.78, 5) is 0. The molecule has 0 aromatic heterocycles. The molecule has 0 fully saturated rings. The van der Waals surface area contributed by atoms with E-state index in [4.69, 9.17) is 0 Å². The molecular weight excluding hydrogens is 138 g/mol. The van der Waals surface area contributed by atoms with E-state index in [1.165, 1.54) is 0 Å². The molecule has 0 aromatic carbocycles. The van der Waals surface area contributed by atoms with E-state index in [-0.39, 0.29) is 0 Å². The van der Waals surface area contributed by atoms with Crippen LogP contribution in [0.2, 0.25) is 0 Å². The quantitative estimate of drug-likeness (QED) is 0.575. The number of halogens is 2. The van der Waals surface area contributed by atoms with Gasteiger partial charge in [-0.2, -0.15) is 8.78 Å². The largest absolute Gasteiger partial charge is 0.342 e.